The summed E-state index contributed by atoms with van der Waals surface area (Å²) in [5, 5.41) is 16.0. The maximum atomic E-state index is 14.0. The van der Waals surface area contributed by atoms with Crippen LogP contribution in [0.3, 0.4) is 0 Å². The molecule has 1 aliphatic rings. The molecule has 0 saturated carbocycles. The molecule has 6 nitrogen and oxygen atoms in total. The monoisotopic (exact) mass is 404 g/mol. The van der Waals surface area contributed by atoms with Crippen molar-refractivity contribution in [3.8, 4) is 6.07 Å². The summed E-state index contributed by atoms with van der Waals surface area (Å²) in [7, 11) is 0. The van der Waals surface area contributed by atoms with Gasteiger partial charge >= 0.3 is 0 Å². The Bertz CT molecular complexity index is 1070. The van der Waals surface area contributed by atoms with Crippen molar-refractivity contribution in [2.75, 3.05) is 6.61 Å². The fraction of sp³-hybridized carbons (Fsp3) is 0.261. The average molecular weight is 404 g/mol. The molecular formula is C23H21FN4O2. The SMILES string of the molecule is N#Cc1ccc(CNC(=O)[C@H]2CCO[C@@H]2c2cnn(Cc3ccccc3)c2)c(F)c1. The lowest BCUT2D eigenvalue weighted by atomic mass is 9.96. The van der Waals surface area contributed by atoms with Gasteiger partial charge in [0.25, 0.3) is 0 Å². The van der Waals surface area contributed by atoms with Crippen LogP contribution in [0.15, 0.2) is 60.9 Å². The number of ether oxygens (including phenoxy) is 1. The van der Waals surface area contributed by atoms with Crippen molar-refractivity contribution in [2.24, 2.45) is 5.92 Å². The van der Waals surface area contributed by atoms with Crippen molar-refractivity contribution in [1.29, 1.82) is 5.26 Å². The van der Waals surface area contributed by atoms with E-state index in [0.29, 0.717) is 25.1 Å². The van der Waals surface area contributed by atoms with E-state index in [1.165, 1.54) is 18.2 Å². The highest BCUT2D eigenvalue weighted by atomic mass is 19.1. The normalized spacial score (nSPS) is 18.1. The third kappa shape index (κ3) is 4.39. The van der Waals surface area contributed by atoms with Gasteiger partial charge in [0.05, 0.1) is 36.4 Å². The second-order valence-corrected chi connectivity index (χ2v) is 7.28. The first-order valence-electron chi connectivity index (χ1n) is 9.78. The Labute approximate surface area is 173 Å². The molecule has 2 atom stereocenters. The van der Waals surface area contributed by atoms with Crippen LogP contribution in [-0.4, -0.2) is 22.3 Å². The topological polar surface area (TPSA) is 79.9 Å². The molecule has 0 radical (unpaired) electrons. The van der Waals surface area contributed by atoms with Crippen LogP contribution in [0.4, 0.5) is 4.39 Å². The predicted molar refractivity (Wildman–Crippen MR) is 108 cm³/mol. The maximum Gasteiger partial charge on any atom is 0.226 e. The van der Waals surface area contributed by atoms with Crippen LogP contribution in [0.2, 0.25) is 0 Å². The summed E-state index contributed by atoms with van der Waals surface area (Å²) in [4.78, 5) is 12.7. The van der Waals surface area contributed by atoms with E-state index in [0.717, 1.165) is 11.1 Å². The number of nitriles is 1. The highest BCUT2D eigenvalue weighted by molar-refractivity contribution is 5.79. The number of amides is 1. The summed E-state index contributed by atoms with van der Waals surface area (Å²) in [5.41, 5.74) is 2.58. The van der Waals surface area contributed by atoms with Gasteiger partial charge in [-0.15, -0.1) is 0 Å². The molecule has 30 heavy (non-hydrogen) atoms. The Morgan fingerprint density at radius 3 is 2.90 bits per heavy atom. The van der Waals surface area contributed by atoms with E-state index in [9.17, 15) is 9.18 Å². The van der Waals surface area contributed by atoms with Crippen LogP contribution in [0, 0.1) is 23.1 Å². The molecule has 7 heteroatoms. The molecule has 1 N–H and O–H groups in total. The third-order valence-electron chi connectivity index (χ3n) is 5.23. The average Bonchev–Trinajstić information content (AvgIpc) is 3.42. The number of nitrogens with zero attached hydrogens (tertiary/aromatic N) is 3. The summed E-state index contributed by atoms with van der Waals surface area (Å²) in [6.45, 7) is 1.19. The molecule has 1 aromatic heterocycles. The van der Waals surface area contributed by atoms with E-state index in [1.807, 2.05) is 47.3 Å². The first kappa shape index (κ1) is 19.8. The van der Waals surface area contributed by atoms with Crippen molar-refractivity contribution in [3.05, 3.63) is 89.0 Å². The molecule has 0 aliphatic carbocycles. The van der Waals surface area contributed by atoms with E-state index in [1.54, 1.807) is 6.20 Å². The summed E-state index contributed by atoms with van der Waals surface area (Å²) in [6.07, 6.45) is 3.86. The largest absolute Gasteiger partial charge is 0.373 e. The van der Waals surface area contributed by atoms with Crippen LogP contribution in [0.5, 0.6) is 0 Å². The van der Waals surface area contributed by atoms with Crippen molar-refractivity contribution in [3.63, 3.8) is 0 Å². The molecule has 4 rings (SSSR count). The smallest absolute Gasteiger partial charge is 0.226 e. The van der Waals surface area contributed by atoms with Gasteiger partial charge in [0.1, 0.15) is 5.82 Å². The number of hydrogen-bond donors (Lipinski definition) is 1. The van der Waals surface area contributed by atoms with Gasteiger partial charge in [-0.2, -0.15) is 10.4 Å². The molecule has 0 unspecified atom stereocenters. The Morgan fingerprint density at radius 1 is 1.30 bits per heavy atom. The van der Waals surface area contributed by atoms with Crippen LogP contribution in [0.1, 0.15) is 34.8 Å². The minimum Gasteiger partial charge on any atom is -0.373 e. The van der Waals surface area contributed by atoms with Gasteiger partial charge in [-0.05, 0) is 24.1 Å². The molecule has 2 heterocycles. The Morgan fingerprint density at radius 2 is 2.13 bits per heavy atom. The lowest BCUT2D eigenvalue weighted by Crippen LogP contribution is -2.32. The van der Waals surface area contributed by atoms with Gasteiger partial charge in [0.2, 0.25) is 5.91 Å². The van der Waals surface area contributed by atoms with Gasteiger partial charge in [-0.25, -0.2) is 4.39 Å². The van der Waals surface area contributed by atoms with Gasteiger partial charge < -0.3 is 10.1 Å². The first-order valence-corrected chi connectivity index (χ1v) is 9.78. The number of nitrogens with one attached hydrogen (secondary N) is 1. The van der Waals surface area contributed by atoms with Gasteiger partial charge in [-0.3, -0.25) is 9.48 Å². The van der Waals surface area contributed by atoms with Crippen molar-refractivity contribution < 1.29 is 13.9 Å². The second kappa shape index (κ2) is 8.89. The highest BCUT2D eigenvalue weighted by Crippen LogP contribution is 2.34. The standard InChI is InChI=1S/C23H21FN4O2/c24-21-10-17(11-25)6-7-18(21)12-26-23(29)20-8-9-30-22(20)19-13-27-28(15-19)14-16-4-2-1-3-5-16/h1-7,10,13,15,20,22H,8-9,12,14H2,(H,26,29)/t20-,22+/m0/s1. The molecule has 1 saturated heterocycles. The number of carbonyl (C=O) groups is 1. The van der Waals surface area contributed by atoms with Crippen molar-refractivity contribution >= 4 is 5.91 Å². The molecule has 0 bridgehead atoms. The highest BCUT2D eigenvalue weighted by Gasteiger charge is 2.36. The number of halogens is 1. The number of rotatable bonds is 6. The van der Waals surface area contributed by atoms with Gasteiger partial charge in [0, 0.05) is 30.5 Å². The molecule has 1 aliphatic heterocycles. The van der Waals surface area contributed by atoms with E-state index in [4.69, 9.17) is 10.00 Å². The summed E-state index contributed by atoms with van der Waals surface area (Å²) < 4.78 is 21.7. The lowest BCUT2D eigenvalue weighted by molar-refractivity contribution is -0.126. The minimum atomic E-state index is -0.504. The molecule has 1 fully saturated rings. The molecule has 0 spiro atoms. The number of benzene rings is 2. The summed E-state index contributed by atoms with van der Waals surface area (Å²) >= 11 is 0. The van der Waals surface area contributed by atoms with Gasteiger partial charge in [-0.1, -0.05) is 36.4 Å². The first-order chi connectivity index (χ1) is 14.6. The summed E-state index contributed by atoms with van der Waals surface area (Å²) in [6, 6.07) is 16.1. The quantitative estimate of drug-likeness (QED) is 0.683. The zero-order chi connectivity index (χ0) is 20.9. The predicted octanol–water partition coefficient (Wildman–Crippen LogP) is 3.34. The zero-order valence-electron chi connectivity index (χ0n) is 16.3. The molecule has 152 valence electrons. The van der Waals surface area contributed by atoms with E-state index in [2.05, 4.69) is 10.4 Å². The molecule has 1 amide bonds. The number of aromatic nitrogens is 2. The Kier molecular flexibility index (Phi) is 5.87. The van der Waals surface area contributed by atoms with E-state index >= 15 is 0 Å². The lowest BCUT2D eigenvalue weighted by Gasteiger charge is -2.17. The van der Waals surface area contributed by atoms with Gasteiger partial charge in [0.15, 0.2) is 0 Å². The minimum absolute atomic E-state index is 0.0624. The number of carbonyl (C=O) groups excluding carboxylic acids is 1. The van der Waals surface area contributed by atoms with Crippen molar-refractivity contribution in [1.82, 2.24) is 15.1 Å². The Hall–Kier alpha value is -3.50. The van der Waals surface area contributed by atoms with Crippen LogP contribution in [-0.2, 0) is 22.6 Å². The fourth-order valence-electron chi connectivity index (χ4n) is 3.64. The van der Waals surface area contributed by atoms with Crippen LogP contribution >= 0.6 is 0 Å². The molecular weight excluding hydrogens is 383 g/mol. The Balaban J connectivity index is 1.40. The number of hydrogen-bond acceptors (Lipinski definition) is 4. The van der Waals surface area contributed by atoms with Crippen LogP contribution < -0.4 is 5.32 Å². The molecule has 3 aromatic rings. The van der Waals surface area contributed by atoms with Crippen LogP contribution in [0.25, 0.3) is 0 Å². The fourth-order valence-corrected chi connectivity index (χ4v) is 3.64. The maximum absolute atomic E-state index is 14.0. The second-order valence-electron chi connectivity index (χ2n) is 7.28. The molecule has 2 aromatic carbocycles. The zero-order valence-corrected chi connectivity index (χ0v) is 16.3. The van der Waals surface area contributed by atoms with E-state index in [-0.39, 0.29) is 30.0 Å². The summed E-state index contributed by atoms with van der Waals surface area (Å²) in [5.74, 6) is -1.05. The van der Waals surface area contributed by atoms with E-state index < -0.39 is 5.82 Å². The van der Waals surface area contributed by atoms with Crippen molar-refractivity contribution in [2.45, 2.75) is 25.6 Å². The third-order valence-corrected chi connectivity index (χ3v) is 5.23.